The molecule has 40 heavy (non-hydrogen) atoms. The van der Waals surface area contributed by atoms with E-state index in [1.165, 1.54) is 17.0 Å². The van der Waals surface area contributed by atoms with Gasteiger partial charge in [0.25, 0.3) is 5.69 Å². The lowest BCUT2D eigenvalue weighted by molar-refractivity contribution is -0.384. The van der Waals surface area contributed by atoms with Gasteiger partial charge in [0.2, 0.25) is 21.8 Å². The summed E-state index contributed by atoms with van der Waals surface area (Å²) in [6.07, 6.45) is 5.98. The zero-order valence-corrected chi connectivity index (χ0v) is 25.1. The van der Waals surface area contributed by atoms with E-state index in [-0.39, 0.29) is 36.3 Å². The van der Waals surface area contributed by atoms with Crippen LogP contribution in [0, 0.1) is 17.0 Å². The molecule has 2 aromatic rings. The minimum atomic E-state index is -4.07. The molecule has 218 valence electrons. The number of carbonyl (C=O) groups is 2. The van der Waals surface area contributed by atoms with Crippen molar-refractivity contribution in [1.29, 1.82) is 0 Å². The molecule has 0 bridgehead atoms. The van der Waals surface area contributed by atoms with Crippen molar-refractivity contribution in [2.45, 2.75) is 71.0 Å². The Balaban J connectivity index is 2.02. The second kappa shape index (κ2) is 13.6. The molecule has 1 atom stereocenters. The number of anilines is 1. The maximum absolute atomic E-state index is 13.9. The van der Waals surface area contributed by atoms with Crippen LogP contribution in [0.4, 0.5) is 11.4 Å². The molecule has 1 fully saturated rings. The highest BCUT2D eigenvalue weighted by Gasteiger charge is 2.34. The van der Waals surface area contributed by atoms with Crippen molar-refractivity contribution < 1.29 is 22.9 Å². The van der Waals surface area contributed by atoms with Crippen LogP contribution in [0.25, 0.3) is 0 Å². The Morgan fingerprint density at radius 1 is 1.12 bits per heavy atom. The van der Waals surface area contributed by atoms with Crippen molar-refractivity contribution in [3.63, 3.8) is 0 Å². The monoisotopic (exact) mass is 612 g/mol. The SMILES string of the molecule is CC[C@@H](C(=O)NC1CCCCC1)N(Cc1c(Cl)cccc1Cl)C(=O)CN(c1cc([N+](=O)[O-])ccc1C)S(C)(=O)=O. The topological polar surface area (TPSA) is 130 Å². The van der Waals surface area contributed by atoms with Gasteiger partial charge in [-0.2, -0.15) is 0 Å². The molecule has 0 aliphatic heterocycles. The minimum Gasteiger partial charge on any atom is -0.352 e. The molecule has 0 heterocycles. The lowest BCUT2D eigenvalue weighted by Gasteiger charge is -2.34. The molecule has 1 aliphatic carbocycles. The van der Waals surface area contributed by atoms with Gasteiger partial charge in [-0.25, -0.2) is 8.42 Å². The number of rotatable bonds is 11. The fraction of sp³-hybridized carbons (Fsp3) is 0.481. The molecule has 0 aromatic heterocycles. The summed E-state index contributed by atoms with van der Waals surface area (Å²) in [7, 11) is -4.07. The predicted octanol–water partition coefficient (Wildman–Crippen LogP) is 5.23. The number of halogens is 2. The second-order valence-electron chi connectivity index (χ2n) is 9.99. The molecule has 0 unspecified atom stereocenters. The van der Waals surface area contributed by atoms with Crippen LogP contribution in [0.1, 0.15) is 56.6 Å². The standard InChI is InChI=1S/C27H34Cl2N4O6S/c1-4-24(27(35)30-19-9-6-5-7-10-19)31(16-21-22(28)11-8-12-23(21)29)26(34)17-32(40(3,38)39)25-15-20(33(36)37)14-13-18(25)2/h8,11-15,19,24H,4-7,9-10,16-17H2,1-3H3,(H,30,35)/t24-/m0/s1. The summed E-state index contributed by atoms with van der Waals surface area (Å²) >= 11 is 12.8. The number of nitro groups is 1. The molecule has 2 amide bonds. The van der Waals surface area contributed by atoms with Crippen LogP contribution in [0.15, 0.2) is 36.4 Å². The predicted molar refractivity (Wildman–Crippen MR) is 156 cm³/mol. The number of nitrogens with zero attached hydrogens (tertiary/aromatic N) is 3. The van der Waals surface area contributed by atoms with Gasteiger partial charge in [0.1, 0.15) is 12.6 Å². The molecule has 1 saturated carbocycles. The van der Waals surface area contributed by atoms with Crippen molar-refractivity contribution in [2.24, 2.45) is 0 Å². The smallest absolute Gasteiger partial charge is 0.271 e. The van der Waals surface area contributed by atoms with E-state index in [2.05, 4.69) is 5.32 Å². The minimum absolute atomic E-state index is 0.000446. The molecule has 10 nitrogen and oxygen atoms in total. The van der Waals surface area contributed by atoms with Gasteiger partial charge in [-0.15, -0.1) is 0 Å². The molecular weight excluding hydrogens is 579 g/mol. The zero-order chi connectivity index (χ0) is 29.6. The van der Waals surface area contributed by atoms with Gasteiger partial charge in [0, 0.05) is 40.3 Å². The van der Waals surface area contributed by atoms with E-state index in [0.29, 0.717) is 21.2 Å². The van der Waals surface area contributed by atoms with Crippen molar-refractivity contribution in [1.82, 2.24) is 10.2 Å². The molecule has 1 N–H and O–H groups in total. The van der Waals surface area contributed by atoms with Gasteiger partial charge in [0.15, 0.2) is 0 Å². The van der Waals surface area contributed by atoms with E-state index in [9.17, 15) is 28.1 Å². The first kappa shape index (κ1) is 31.6. The molecule has 1 aliphatic rings. The van der Waals surface area contributed by atoms with Gasteiger partial charge in [-0.05, 0) is 43.9 Å². The fourth-order valence-corrected chi connectivity index (χ4v) is 6.31. The molecule has 3 rings (SSSR count). The summed E-state index contributed by atoms with van der Waals surface area (Å²) in [6, 6.07) is 7.74. The molecular formula is C27H34Cl2N4O6S. The number of aryl methyl sites for hydroxylation is 1. The number of hydrogen-bond acceptors (Lipinski definition) is 6. The number of amides is 2. The van der Waals surface area contributed by atoms with Crippen molar-refractivity contribution in [2.75, 3.05) is 17.1 Å². The van der Waals surface area contributed by atoms with Gasteiger partial charge < -0.3 is 10.2 Å². The van der Waals surface area contributed by atoms with Gasteiger partial charge in [-0.3, -0.25) is 24.0 Å². The summed E-state index contributed by atoms with van der Waals surface area (Å²) in [5.41, 5.74) is 0.521. The third-order valence-corrected chi connectivity index (χ3v) is 8.91. The first-order valence-electron chi connectivity index (χ1n) is 13.1. The van der Waals surface area contributed by atoms with Crippen molar-refractivity contribution >= 4 is 56.4 Å². The molecule has 2 aromatic carbocycles. The summed E-state index contributed by atoms with van der Waals surface area (Å²) in [4.78, 5) is 39.5. The average molecular weight is 614 g/mol. The maximum atomic E-state index is 13.9. The summed E-state index contributed by atoms with van der Waals surface area (Å²) in [5, 5.41) is 15.0. The van der Waals surface area contributed by atoms with Crippen LogP contribution in [-0.4, -0.2) is 54.9 Å². The van der Waals surface area contributed by atoms with Gasteiger partial charge >= 0.3 is 0 Å². The molecule has 0 radical (unpaired) electrons. The highest BCUT2D eigenvalue weighted by Crippen LogP contribution is 2.30. The highest BCUT2D eigenvalue weighted by atomic mass is 35.5. The third kappa shape index (κ3) is 7.86. The highest BCUT2D eigenvalue weighted by molar-refractivity contribution is 7.92. The summed E-state index contributed by atoms with van der Waals surface area (Å²) in [6.45, 7) is 2.53. The lowest BCUT2D eigenvalue weighted by Crippen LogP contribution is -2.54. The molecule has 0 spiro atoms. The average Bonchev–Trinajstić information content (AvgIpc) is 2.89. The lowest BCUT2D eigenvalue weighted by atomic mass is 9.95. The van der Waals surface area contributed by atoms with E-state index < -0.39 is 33.4 Å². The van der Waals surface area contributed by atoms with Crippen LogP contribution in [0.2, 0.25) is 10.0 Å². The zero-order valence-electron chi connectivity index (χ0n) is 22.7. The third-order valence-electron chi connectivity index (χ3n) is 7.08. The normalized spacial score (nSPS) is 14.8. The Bertz CT molecular complexity index is 1340. The first-order valence-corrected chi connectivity index (χ1v) is 15.7. The van der Waals surface area contributed by atoms with Crippen LogP contribution in [0.3, 0.4) is 0 Å². The Hall–Kier alpha value is -2.89. The number of nitro benzene ring substituents is 1. The number of carbonyl (C=O) groups excluding carboxylic acids is 2. The van der Waals surface area contributed by atoms with Crippen LogP contribution < -0.4 is 9.62 Å². The van der Waals surface area contributed by atoms with E-state index in [1.807, 2.05) is 0 Å². The van der Waals surface area contributed by atoms with Crippen LogP contribution >= 0.6 is 23.2 Å². The van der Waals surface area contributed by atoms with Gasteiger partial charge in [0.05, 0.1) is 16.9 Å². The number of hydrogen-bond donors (Lipinski definition) is 1. The Morgan fingerprint density at radius 3 is 2.30 bits per heavy atom. The summed E-state index contributed by atoms with van der Waals surface area (Å²) in [5.74, 6) is -1.03. The van der Waals surface area contributed by atoms with Crippen molar-refractivity contribution in [3.8, 4) is 0 Å². The number of nitrogens with one attached hydrogen (secondary N) is 1. The Kier molecular flexibility index (Phi) is 10.8. The van der Waals surface area contributed by atoms with E-state index in [0.717, 1.165) is 48.7 Å². The Labute approximate surface area is 244 Å². The number of non-ortho nitro benzene ring substituents is 1. The maximum Gasteiger partial charge on any atom is 0.271 e. The van der Waals surface area contributed by atoms with Crippen LogP contribution in [0.5, 0.6) is 0 Å². The first-order chi connectivity index (χ1) is 18.8. The number of benzene rings is 2. The van der Waals surface area contributed by atoms with Gasteiger partial charge in [-0.1, -0.05) is 61.5 Å². The van der Waals surface area contributed by atoms with Crippen LogP contribution in [-0.2, 0) is 26.2 Å². The van der Waals surface area contributed by atoms with E-state index in [4.69, 9.17) is 23.2 Å². The Morgan fingerprint density at radius 2 is 1.75 bits per heavy atom. The van der Waals surface area contributed by atoms with Crippen molar-refractivity contribution in [3.05, 3.63) is 67.7 Å². The second-order valence-corrected chi connectivity index (χ2v) is 12.7. The molecule has 0 saturated heterocycles. The van der Waals surface area contributed by atoms with E-state index in [1.54, 1.807) is 32.0 Å². The molecule has 13 heteroatoms. The quantitative estimate of drug-likeness (QED) is 0.273. The largest absolute Gasteiger partial charge is 0.352 e. The number of sulfonamides is 1. The van der Waals surface area contributed by atoms with E-state index >= 15 is 0 Å². The fourth-order valence-electron chi connectivity index (χ4n) is 4.89. The summed E-state index contributed by atoms with van der Waals surface area (Å²) < 4.78 is 26.6.